The molecule has 1 N–H and O–H groups in total. The number of sulfonamides is 1. The van der Waals surface area contributed by atoms with Gasteiger partial charge in [0, 0.05) is 24.0 Å². The Kier molecular flexibility index (Phi) is 11.4. The number of nitrogens with one attached hydrogen (secondary N) is 1. The fraction of sp³-hybridized carbons (Fsp3) is 0.316. The molecule has 0 bridgehead atoms. The van der Waals surface area contributed by atoms with Crippen LogP contribution in [0.5, 0.6) is 0 Å². The molecule has 1 aliphatic carbocycles. The van der Waals surface area contributed by atoms with Gasteiger partial charge in [0.1, 0.15) is 12.6 Å². The van der Waals surface area contributed by atoms with E-state index in [-0.39, 0.29) is 35.5 Å². The summed E-state index contributed by atoms with van der Waals surface area (Å²) < 4.78 is 29.4. The largest absolute Gasteiger partial charge is 0.352 e. The smallest absolute Gasteiger partial charge is 0.264 e. The van der Waals surface area contributed by atoms with Crippen molar-refractivity contribution in [3.8, 4) is 0 Å². The second-order valence-electron chi connectivity index (χ2n) is 12.3. The topological polar surface area (TPSA) is 86.8 Å². The molecule has 7 nitrogen and oxygen atoms in total. The summed E-state index contributed by atoms with van der Waals surface area (Å²) in [4.78, 5) is 30.5. The van der Waals surface area contributed by atoms with Crippen LogP contribution < -0.4 is 9.62 Å². The molecule has 0 aromatic heterocycles. The lowest BCUT2D eigenvalue weighted by molar-refractivity contribution is -0.140. The molecule has 1 fully saturated rings. The van der Waals surface area contributed by atoms with Crippen LogP contribution in [0, 0.1) is 13.8 Å². The minimum atomic E-state index is -4.19. The van der Waals surface area contributed by atoms with E-state index in [9.17, 15) is 18.0 Å². The van der Waals surface area contributed by atoms with E-state index in [1.165, 1.54) is 12.1 Å². The molecule has 0 unspecified atom stereocenters. The summed E-state index contributed by atoms with van der Waals surface area (Å²) in [6, 6.07) is 29.5. The Morgan fingerprint density at radius 3 is 2.11 bits per heavy atom. The molecule has 47 heavy (non-hydrogen) atoms. The van der Waals surface area contributed by atoms with Gasteiger partial charge < -0.3 is 10.2 Å². The Bertz CT molecular complexity index is 1760. The van der Waals surface area contributed by atoms with E-state index in [1.807, 2.05) is 68.4 Å². The van der Waals surface area contributed by atoms with Crippen molar-refractivity contribution < 1.29 is 18.0 Å². The van der Waals surface area contributed by atoms with Gasteiger partial charge in [0.2, 0.25) is 11.8 Å². The normalized spacial score (nSPS) is 14.3. The van der Waals surface area contributed by atoms with Crippen LogP contribution in [0.1, 0.15) is 54.4 Å². The summed E-state index contributed by atoms with van der Waals surface area (Å²) in [5, 5.41) is 3.63. The van der Waals surface area contributed by atoms with Crippen molar-refractivity contribution in [3.05, 3.63) is 130 Å². The molecule has 0 spiro atoms. The first kappa shape index (κ1) is 34.2. The monoisotopic (exact) mass is 671 g/mol. The minimum Gasteiger partial charge on any atom is -0.352 e. The summed E-state index contributed by atoms with van der Waals surface area (Å²) in [5.74, 6) is -0.737. The zero-order valence-electron chi connectivity index (χ0n) is 26.9. The van der Waals surface area contributed by atoms with Crippen molar-refractivity contribution >= 4 is 39.1 Å². The first-order valence-corrected chi connectivity index (χ1v) is 18.0. The number of carbonyl (C=O) groups excluding carboxylic acids is 2. The molecule has 0 aliphatic heterocycles. The van der Waals surface area contributed by atoms with Gasteiger partial charge in [-0.3, -0.25) is 13.9 Å². The van der Waals surface area contributed by atoms with E-state index in [2.05, 4.69) is 5.32 Å². The third-order valence-electron chi connectivity index (χ3n) is 8.75. The van der Waals surface area contributed by atoms with Gasteiger partial charge in [0.05, 0.1) is 10.6 Å². The van der Waals surface area contributed by atoms with E-state index in [0.29, 0.717) is 5.02 Å². The van der Waals surface area contributed by atoms with E-state index >= 15 is 0 Å². The highest BCUT2D eigenvalue weighted by molar-refractivity contribution is 7.92. The Morgan fingerprint density at radius 2 is 1.47 bits per heavy atom. The number of benzene rings is 4. The molecule has 0 heterocycles. The Balaban J connectivity index is 1.56. The van der Waals surface area contributed by atoms with E-state index < -0.39 is 28.5 Å². The van der Waals surface area contributed by atoms with Crippen LogP contribution in [0.25, 0.3) is 0 Å². The Morgan fingerprint density at radius 1 is 0.830 bits per heavy atom. The fourth-order valence-electron chi connectivity index (χ4n) is 5.97. The van der Waals surface area contributed by atoms with Gasteiger partial charge in [0.25, 0.3) is 10.0 Å². The van der Waals surface area contributed by atoms with Gasteiger partial charge in [0.15, 0.2) is 0 Å². The van der Waals surface area contributed by atoms with Crippen LogP contribution in [-0.4, -0.2) is 43.8 Å². The molecule has 9 heteroatoms. The zero-order valence-corrected chi connectivity index (χ0v) is 28.5. The molecule has 2 amide bonds. The second-order valence-corrected chi connectivity index (χ2v) is 14.6. The van der Waals surface area contributed by atoms with Crippen molar-refractivity contribution in [2.45, 2.75) is 75.9 Å². The molecule has 4 aromatic rings. The van der Waals surface area contributed by atoms with Crippen LogP contribution >= 0.6 is 11.6 Å². The third kappa shape index (κ3) is 8.82. The zero-order chi connectivity index (χ0) is 33.4. The molecule has 4 aromatic carbocycles. The average molecular weight is 672 g/mol. The number of halogens is 1. The quantitative estimate of drug-likeness (QED) is 0.172. The standard InChI is InChI=1S/C38H42ClN3O4S/c1-28-18-21-31(22-19-28)26-41(36(24-30-12-6-3-7-13-30)38(44)40-32-14-8-4-9-15-32)37(43)27-42(33-23-20-29(2)35(39)25-33)47(45,46)34-16-10-5-11-17-34/h3,5-7,10-13,16-23,25,32,36H,4,8-9,14-15,24,26-27H2,1-2H3,(H,40,44)/t36-/m1/s1. The van der Waals surface area contributed by atoms with E-state index in [0.717, 1.165) is 58.7 Å². The molecular formula is C38H42ClN3O4S. The molecule has 1 atom stereocenters. The number of rotatable bonds is 12. The van der Waals surface area contributed by atoms with Crippen LogP contribution in [0.4, 0.5) is 5.69 Å². The molecule has 5 rings (SSSR count). The Hall–Kier alpha value is -4.14. The average Bonchev–Trinajstić information content (AvgIpc) is 3.08. The molecular weight excluding hydrogens is 630 g/mol. The summed E-state index contributed by atoms with van der Waals surface area (Å²) in [6.07, 6.45) is 5.31. The predicted octanol–water partition coefficient (Wildman–Crippen LogP) is 7.24. The molecule has 1 aliphatic rings. The second kappa shape index (κ2) is 15.6. The summed E-state index contributed by atoms with van der Waals surface area (Å²) >= 11 is 6.48. The van der Waals surface area contributed by atoms with Crippen molar-refractivity contribution in [2.24, 2.45) is 0 Å². The molecule has 0 radical (unpaired) electrons. The maximum atomic E-state index is 14.7. The highest BCUT2D eigenvalue weighted by Crippen LogP contribution is 2.29. The first-order chi connectivity index (χ1) is 22.6. The number of hydrogen-bond donors (Lipinski definition) is 1. The lowest BCUT2D eigenvalue weighted by Gasteiger charge is -2.35. The SMILES string of the molecule is Cc1ccc(CN(C(=O)CN(c2ccc(C)c(Cl)c2)S(=O)(=O)c2ccccc2)[C@H](Cc2ccccc2)C(=O)NC2CCCCC2)cc1. The van der Waals surface area contributed by atoms with Crippen molar-refractivity contribution in [1.82, 2.24) is 10.2 Å². The first-order valence-electron chi connectivity index (χ1n) is 16.1. The van der Waals surface area contributed by atoms with Gasteiger partial charge >= 0.3 is 0 Å². The van der Waals surface area contributed by atoms with Crippen molar-refractivity contribution in [2.75, 3.05) is 10.8 Å². The van der Waals surface area contributed by atoms with Gasteiger partial charge in [-0.15, -0.1) is 0 Å². The number of carbonyl (C=O) groups is 2. The molecule has 0 saturated heterocycles. The molecule has 246 valence electrons. The van der Waals surface area contributed by atoms with Crippen LogP contribution in [0.3, 0.4) is 0 Å². The van der Waals surface area contributed by atoms with Crippen molar-refractivity contribution in [1.29, 1.82) is 0 Å². The molecule has 1 saturated carbocycles. The number of amides is 2. The summed E-state index contributed by atoms with van der Waals surface area (Å²) in [7, 11) is -4.19. The van der Waals surface area contributed by atoms with Gasteiger partial charge in [-0.05, 0) is 67.6 Å². The minimum absolute atomic E-state index is 0.0375. The summed E-state index contributed by atoms with van der Waals surface area (Å²) in [6.45, 7) is 3.42. The van der Waals surface area contributed by atoms with Gasteiger partial charge in [-0.25, -0.2) is 8.42 Å². The summed E-state index contributed by atoms with van der Waals surface area (Å²) in [5.41, 5.74) is 3.85. The van der Waals surface area contributed by atoms with Gasteiger partial charge in [-0.2, -0.15) is 0 Å². The van der Waals surface area contributed by atoms with Gasteiger partial charge in [-0.1, -0.05) is 115 Å². The van der Waals surface area contributed by atoms with E-state index in [1.54, 1.807) is 41.3 Å². The number of hydrogen-bond acceptors (Lipinski definition) is 4. The lowest BCUT2D eigenvalue weighted by Crippen LogP contribution is -2.55. The van der Waals surface area contributed by atoms with E-state index in [4.69, 9.17) is 11.6 Å². The predicted molar refractivity (Wildman–Crippen MR) is 188 cm³/mol. The fourth-order valence-corrected chi connectivity index (χ4v) is 7.58. The number of aryl methyl sites for hydroxylation is 2. The van der Waals surface area contributed by atoms with Crippen molar-refractivity contribution in [3.63, 3.8) is 0 Å². The number of anilines is 1. The van der Waals surface area contributed by atoms with Crippen LogP contribution in [-0.2, 0) is 32.6 Å². The highest BCUT2D eigenvalue weighted by Gasteiger charge is 2.35. The highest BCUT2D eigenvalue weighted by atomic mass is 35.5. The maximum Gasteiger partial charge on any atom is 0.264 e. The third-order valence-corrected chi connectivity index (χ3v) is 10.9. The maximum absolute atomic E-state index is 14.7. The Labute approximate surface area is 283 Å². The lowest BCUT2D eigenvalue weighted by atomic mass is 9.94. The van der Waals surface area contributed by atoms with Crippen LogP contribution in [0.2, 0.25) is 5.02 Å². The van der Waals surface area contributed by atoms with Crippen LogP contribution in [0.15, 0.2) is 108 Å². The number of nitrogens with zero attached hydrogens (tertiary/aromatic N) is 2.